The third-order valence-electron chi connectivity index (χ3n) is 7.36. The minimum atomic E-state index is -4.80. The second-order valence-electron chi connectivity index (χ2n) is 9.46. The van der Waals surface area contributed by atoms with Gasteiger partial charge in [0.05, 0.1) is 13.7 Å². The maximum atomic E-state index is 13.9. The number of carbonyl (C=O) groups is 1. The Balaban J connectivity index is 0.00000320. The van der Waals surface area contributed by atoms with Crippen molar-refractivity contribution in [2.75, 3.05) is 13.7 Å². The summed E-state index contributed by atoms with van der Waals surface area (Å²) >= 11 is 0. The highest BCUT2D eigenvalue weighted by Crippen LogP contribution is 2.58. The molecule has 2 aromatic carbocycles. The number of H-pyrrole nitrogens is 1. The van der Waals surface area contributed by atoms with Gasteiger partial charge in [-0.05, 0) is 55.5 Å². The number of methoxy groups -OCH3 is 1. The van der Waals surface area contributed by atoms with Crippen LogP contribution in [0.25, 0.3) is 0 Å². The van der Waals surface area contributed by atoms with Gasteiger partial charge in [-0.3, -0.25) is 14.8 Å². The molecule has 11 heteroatoms. The maximum Gasteiger partial charge on any atom is 0.573 e. The summed E-state index contributed by atoms with van der Waals surface area (Å²) in [4.78, 5) is 20.4. The Morgan fingerprint density at radius 1 is 1.19 bits per heavy atom. The predicted molar refractivity (Wildman–Crippen MR) is 132 cm³/mol. The number of benzene rings is 2. The number of aromatic amines is 1. The molecule has 0 amide bonds. The molecular weight excluding hydrogens is 509 g/mol. The predicted octanol–water partition coefficient (Wildman–Crippen LogP) is 5.60. The van der Waals surface area contributed by atoms with Crippen LogP contribution >= 0.6 is 12.4 Å². The van der Waals surface area contributed by atoms with Gasteiger partial charge in [-0.1, -0.05) is 30.3 Å². The zero-order valence-electron chi connectivity index (χ0n) is 20.2. The highest BCUT2D eigenvalue weighted by molar-refractivity contribution is 5.89. The molecule has 0 bridgehead atoms. The van der Waals surface area contributed by atoms with E-state index in [2.05, 4.69) is 24.8 Å². The molecule has 7 nitrogen and oxygen atoms in total. The number of Topliss-reactive ketones (excluding diaryl/α,β-unsaturated/α-hetero) is 1. The summed E-state index contributed by atoms with van der Waals surface area (Å²) in [5.41, 5.74) is 0.909. The second kappa shape index (κ2) is 10.7. The molecule has 5 rings (SSSR count). The smallest absolute Gasteiger partial charge is 0.496 e. The zero-order chi connectivity index (χ0) is 25.3. The molecule has 37 heavy (non-hydrogen) atoms. The number of alkyl halides is 3. The molecule has 3 aromatic rings. The number of likely N-dealkylation sites (tertiary alicyclic amines) is 1. The standard InChI is InChI=1S/C26H27F3N4O3.ClH/c1-35-21-9-8-19(36-26(27,28)29)13-20(21)18-12-22(34)25(14-18)10-5-11-33(15-23-30-16-31-32-23)24(25)17-6-3-2-4-7-17;/h2-4,6-9,13,16,18,24H,5,10-12,14-15H2,1H3,(H,30,31,32);1H. The fourth-order valence-electron chi connectivity index (χ4n) is 6.05. The van der Waals surface area contributed by atoms with Crippen LogP contribution in [0.1, 0.15) is 54.6 Å². The van der Waals surface area contributed by atoms with E-state index in [0.29, 0.717) is 36.5 Å². The zero-order valence-corrected chi connectivity index (χ0v) is 21.0. The number of carbonyl (C=O) groups excluding carboxylic acids is 1. The van der Waals surface area contributed by atoms with Crippen molar-refractivity contribution >= 4 is 18.2 Å². The molecule has 1 saturated carbocycles. The molecule has 1 aliphatic carbocycles. The summed E-state index contributed by atoms with van der Waals surface area (Å²) in [6.45, 7) is 1.30. The van der Waals surface area contributed by atoms with Crippen molar-refractivity contribution in [3.05, 3.63) is 71.8 Å². The highest BCUT2D eigenvalue weighted by atomic mass is 35.5. The van der Waals surface area contributed by atoms with Gasteiger partial charge in [0.15, 0.2) is 0 Å². The van der Waals surface area contributed by atoms with Gasteiger partial charge in [0.2, 0.25) is 0 Å². The van der Waals surface area contributed by atoms with Gasteiger partial charge in [-0.25, -0.2) is 4.98 Å². The van der Waals surface area contributed by atoms with Gasteiger partial charge in [0.1, 0.15) is 29.4 Å². The van der Waals surface area contributed by atoms with Gasteiger partial charge < -0.3 is 9.47 Å². The van der Waals surface area contributed by atoms with Crippen LogP contribution in [0.4, 0.5) is 13.2 Å². The summed E-state index contributed by atoms with van der Waals surface area (Å²) in [5.74, 6) is 0.675. The second-order valence-corrected chi connectivity index (χ2v) is 9.46. The Morgan fingerprint density at radius 3 is 2.65 bits per heavy atom. The van der Waals surface area contributed by atoms with Gasteiger partial charge in [0, 0.05) is 23.4 Å². The molecule has 2 aliphatic rings. The molecule has 198 valence electrons. The summed E-state index contributed by atoms with van der Waals surface area (Å²) in [5, 5.41) is 6.87. The number of hydrogen-bond donors (Lipinski definition) is 1. The van der Waals surface area contributed by atoms with E-state index in [4.69, 9.17) is 4.74 Å². The number of rotatable bonds is 6. The van der Waals surface area contributed by atoms with Crippen LogP contribution in [0.5, 0.6) is 11.5 Å². The largest absolute Gasteiger partial charge is 0.573 e. The van der Waals surface area contributed by atoms with Crippen LogP contribution in [0, 0.1) is 5.41 Å². The van der Waals surface area contributed by atoms with Gasteiger partial charge >= 0.3 is 6.36 Å². The summed E-state index contributed by atoms with van der Waals surface area (Å²) in [7, 11) is 1.47. The van der Waals surface area contributed by atoms with Crippen molar-refractivity contribution in [2.24, 2.45) is 5.41 Å². The molecule has 3 atom stereocenters. The first kappa shape index (κ1) is 26.9. The van der Waals surface area contributed by atoms with Crippen LogP contribution in [0.15, 0.2) is 54.9 Å². The Hall–Kier alpha value is -3.11. The average molecular weight is 537 g/mol. The Morgan fingerprint density at radius 2 is 1.97 bits per heavy atom. The van der Waals surface area contributed by atoms with E-state index in [1.807, 2.05) is 30.3 Å². The number of halogens is 4. The molecule has 0 radical (unpaired) electrons. The summed E-state index contributed by atoms with van der Waals surface area (Å²) < 4.78 is 48.3. The van der Waals surface area contributed by atoms with E-state index in [9.17, 15) is 18.0 Å². The van der Waals surface area contributed by atoms with E-state index in [-0.39, 0.29) is 42.3 Å². The maximum absolute atomic E-state index is 13.9. The molecule has 1 aliphatic heterocycles. The number of aromatic nitrogens is 3. The first-order valence-electron chi connectivity index (χ1n) is 11.9. The topological polar surface area (TPSA) is 80.3 Å². The first-order valence-corrected chi connectivity index (χ1v) is 11.9. The minimum absolute atomic E-state index is 0. The SMILES string of the molecule is COc1ccc(OC(F)(F)F)cc1C1CC(=O)C2(CCCN(Cc3ncn[nH]3)C2c2ccccc2)C1.Cl. The molecule has 3 unspecified atom stereocenters. The van der Waals surface area contributed by atoms with E-state index >= 15 is 0 Å². The Bertz CT molecular complexity index is 1210. The normalized spacial score (nSPS) is 24.2. The average Bonchev–Trinajstić information content (AvgIpc) is 3.47. The van der Waals surface area contributed by atoms with Crippen molar-refractivity contribution < 1.29 is 27.4 Å². The van der Waals surface area contributed by atoms with Crippen LogP contribution in [0.2, 0.25) is 0 Å². The van der Waals surface area contributed by atoms with Gasteiger partial charge in [0.25, 0.3) is 0 Å². The molecule has 2 fully saturated rings. The Kier molecular flexibility index (Phi) is 7.80. The number of nitrogens with one attached hydrogen (secondary N) is 1. The Labute approximate surface area is 218 Å². The van der Waals surface area contributed by atoms with E-state index in [1.165, 1.54) is 31.6 Å². The first-order chi connectivity index (χ1) is 17.3. The molecular formula is C26H28ClF3N4O3. The van der Waals surface area contributed by atoms with Crippen LogP contribution in [-0.2, 0) is 11.3 Å². The lowest BCUT2D eigenvalue weighted by atomic mass is 9.68. The third-order valence-corrected chi connectivity index (χ3v) is 7.36. The number of ether oxygens (including phenoxy) is 2. The van der Waals surface area contributed by atoms with E-state index in [0.717, 1.165) is 18.5 Å². The number of hydrogen-bond acceptors (Lipinski definition) is 6. The van der Waals surface area contributed by atoms with E-state index in [1.54, 1.807) is 0 Å². The van der Waals surface area contributed by atoms with Gasteiger partial charge in [-0.15, -0.1) is 25.6 Å². The van der Waals surface area contributed by atoms with E-state index < -0.39 is 11.8 Å². The number of nitrogens with zero attached hydrogens (tertiary/aromatic N) is 3. The fraction of sp³-hybridized carbons (Fsp3) is 0.423. The van der Waals surface area contributed by atoms with Crippen LogP contribution < -0.4 is 9.47 Å². The highest BCUT2D eigenvalue weighted by Gasteiger charge is 2.55. The molecule has 1 saturated heterocycles. The fourth-order valence-corrected chi connectivity index (χ4v) is 6.05. The van der Waals surface area contributed by atoms with Crippen molar-refractivity contribution in [1.82, 2.24) is 20.1 Å². The van der Waals surface area contributed by atoms with Gasteiger partial charge in [-0.2, -0.15) is 5.10 Å². The van der Waals surface area contributed by atoms with Crippen molar-refractivity contribution in [2.45, 2.75) is 50.6 Å². The molecule has 1 spiro atoms. The number of ketones is 1. The third kappa shape index (κ3) is 5.45. The lowest BCUT2D eigenvalue weighted by molar-refractivity contribution is -0.274. The van der Waals surface area contributed by atoms with Crippen LogP contribution in [-0.4, -0.2) is 45.9 Å². The monoisotopic (exact) mass is 536 g/mol. The van der Waals surface area contributed by atoms with Crippen molar-refractivity contribution in [3.63, 3.8) is 0 Å². The van der Waals surface area contributed by atoms with Crippen molar-refractivity contribution in [3.8, 4) is 11.5 Å². The van der Waals surface area contributed by atoms with Crippen molar-refractivity contribution in [1.29, 1.82) is 0 Å². The lowest BCUT2D eigenvalue weighted by Crippen LogP contribution is -2.48. The quantitative estimate of drug-likeness (QED) is 0.441. The molecule has 1 aromatic heterocycles. The summed E-state index contributed by atoms with van der Waals surface area (Å²) in [6, 6.07) is 13.8. The lowest BCUT2D eigenvalue weighted by Gasteiger charge is -2.47. The summed E-state index contributed by atoms with van der Waals surface area (Å²) in [6.07, 6.45) is -1.08. The minimum Gasteiger partial charge on any atom is -0.496 e. The molecule has 1 N–H and O–H groups in total. The number of piperidine rings is 1. The van der Waals surface area contributed by atoms with Crippen LogP contribution in [0.3, 0.4) is 0 Å². The molecule has 2 heterocycles.